The molecule has 33 heavy (non-hydrogen) atoms. The first kappa shape index (κ1) is 22.2. The molecule has 1 aliphatic carbocycles. The maximum Gasteiger partial charge on any atom is 0.243 e. The molecule has 168 valence electrons. The van der Waals surface area contributed by atoms with Crippen molar-refractivity contribution in [2.24, 2.45) is 5.73 Å². The van der Waals surface area contributed by atoms with Crippen LogP contribution in [-0.4, -0.2) is 29.8 Å². The molecule has 0 unspecified atom stereocenters. The van der Waals surface area contributed by atoms with Gasteiger partial charge in [-0.2, -0.15) is 0 Å². The van der Waals surface area contributed by atoms with Crippen LogP contribution in [-0.2, 0) is 20.8 Å². The Labute approximate surface area is 191 Å². The summed E-state index contributed by atoms with van der Waals surface area (Å²) in [5, 5.41) is 5.39. The van der Waals surface area contributed by atoms with Gasteiger partial charge in [-0.25, -0.2) is 4.39 Å². The summed E-state index contributed by atoms with van der Waals surface area (Å²) in [5.74, 6) is -2.47. The molecule has 6 nitrogen and oxygen atoms in total. The van der Waals surface area contributed by atoms with Crippen LogP contribution in [0.4, 0.5) is 4.39 Å². The van der Waals surface area contributed by atoms with Crippen LogP contribution in [0.25, 0.3) is 11.1 Å². The number of hydrogen-bond acceptors (Lipinski definition) is 3. The highest BCUT2D eigenvalue weighted by Gasteiger charge is 2.38. The van der Waals surface area contributed by atoms with Gasteiger partial charge in [0.25, 0.3) is 0 Å². The van der Waals surface area contributed by atoms with Gasteiger partial charge in [0, 0.05) is 19.3 Å². The zero-order chi connectivity index (χ0) is 23.5. The van der Waals surface area contributed by atoms with Gasteiger partial charge < -0.3 is 16.4 Å². The third-order valence-corrected chi connectivity index (χ3v) is 5.87. The van der Waals surface area contributed by atoms with E-state index in [9.17, 15) is 18.8 Å². The molecule has 0 fully saturated rings. The molecular formula is C26H24FN3O3. The molecule has 3 amide bonds. The fourth-order valence-corrected chi connectivity index (χ4v) is 4.44. The van der Waals surface area contributed by atoms with Crippen LogP contribution in [0, 0.1) is 5.82 Å². The van der Waals surface area contributed by atoms with Gasteiger partial charge in [-0.15, -0.1) is 0 Å². The molecule has 4 rings (SSSR count). The van der Waals surface area contributed by atoms with Crippen LogP contribution >= 0.6 is 0 Å². The third-order valence-electron chi connectivity index (χ3n) is 5.87. The van der Waals surface area contributed by atoms with Crippen LogP contribution < -0.4 is 16.4 Å². The van der Waals surface area contributed by atoms with E-state index in [4.69, 9.17) is 5.73 Å². The van der Waals surface area contributed by atoms with Crippen LogP contribution in [0.2, 0.25) is 0 Å². The van der Waals surface area contributed by atoms with Crippen molar-refractivity contribution in [3.8, 4) is 11.1 Å². The minimum atomic E-state index is -1.02. The Kier molecular flexibility index (Phi) is 6.22. The van der Waals surface area contributed by atoms with E-state index >= 15 is 0 Å². The zero-order valence-electron chi connectivity index (χ0n) is 18.0. The first-order valence-corrected chi connectivity index (χ1v) is 10.6. The van der Waals surface area contributed by atoms with Gasteiger partial charge in [0.05, 0.1) is 0 Å². The second kappa shape index (κ2) is 9.24. The van der Waals surface area contributed by atoms with Gasteiger partial charge >= 0.3 is 0 Å². The Morgan fingerprint density at radius 2 is 1.42 bits per heavy atom. The van der Waals surface area contributed by atoms with Crippen molar-refractivity contribution in [1.29, 1.82) is 0 Å². The summed E-state index contributed by atoms with van der Waals surface area (Å²) in [5.41, 5.74) is 10.2. The first-order valence-electron chi connectivity index (χ1n) is 10.6. The first-order chi connectivity index (χ1) is 15.8. The maximum absolute atomic E-state index is 13.3. The lowest BCUT2D eigenvalue weighted by Crippen LogP contribution is -2.55. The Balaban J connectivity index is 1.64. The Morgan fingerprint density at radius 3 is 1.94 bits per heavy atom. The van der Waals surface area contributed by atoms with Gasteiger partial charge in [-0.05, 0) is 39.9 Å². The Morgan fingerprint density at radius 1 is 0.879 bits per heavy atom. The minimum absolute atomic E-state index is 0.134. The molecule has 0 bridgehead atoms. The quantitative estimate of drug-likeness (QED) is 0.521. The normalized spacial score (nSPS) is 14.0. The summed E-state index contributed by atoms with van der Waals surface area (Å²) < 4.78 is 13.3. The van der Waals surface area contributed by atoms with E-state index in [1.54, 1.807) is 12.1 Å². The molecule has 0 aromatic heterocycles. The van der Waals surface area contributed by atoms with Crippen molar-refractivity contribution >= 4 is 17.7 Å². The number of nitrogens with one attached hydrogen (secondary N) is 2. The molecular weight excluding hydrogens is 421 g/mol. The highest BCUT2D eigenvalue weighted by Crippen LogP contribution is 2.46. The van der Waals surface area contributed by atoms with Gasteiger partial charge in [0.1, 0.15) is 17.9 Å². The summed E-state index contributed by atoms with van der Waals surface area (Å²) in [6.07, 6.45) is 0.134. The van der Waals surface area contributed by atoms with Gasteiger partial charge in [0.2, 0.25) is 17.7 Å². The largest absolute Gasteiger partial charge is 0.368 e. The molecule has 0 heterocycles. The molecule has 2 atom stereocenters. The summed E-state index contributed by atoms with van der Waals surface area (Å²) in [6, 6.07) is 19.1. The molecule has 7 heteroatoms. The summed E-state index contributed by atoms with van der Waals surface area (Å²) in [7, 11) is 0. The number of amides is 3. The van der Waals surface area contributed by atoms with Crippen LogP contribution in [0.1, 0.15) is 29.5 Å². The molecule has 4 N–H and O–H groups in total. The van der Waals surface area contributed by atoms with Crippen molar-refractivity contribution in [2.45, 2.75) is 31.3 Å². The number of hydrogen-bond donors (Lipinski definition) is 3. The molecule has 0 saturated heterocycles. The monoisotopic (exact) mass is 445 g/mol. The molecule has 0 aliphatic heterocycles. The topological polar surface area (TPSA) is 101 Å². The lowest BCUT2D eigenvalue weighted by molar-refractivity contribution is -0.131. The molecule has 0 saturated carbocycles. The average molecular weight is 445 g/mol. The molecule has 1 aliphatic rings. The SMILES string of the molecule is CC(=O)N[C@@H](Cc1ccc(F)cc1)C(=O)N[C@H](C(N)=O)C1c2ccccc2-c2ccccc21. The minimum Gasteiger partial charge on any atom is -0.368 e. The van der Waals surface area contributed by atoms with Crippen molar-refractivity contribution in [3.63, 3.8) is 0 Å². The van der Waals surface area contributed by atoms with Crippen molar-refractivity contribution in [3.05, 3.63) is 95.3 Å². The number of benzene rings is 3. The summed E-state index contributed by atoms with van der Waals surface area (Å²) in [6.45, 7) is 1.31. The van der Waals surface area contributed by atoms with Crippen molar-refractivity contribution in [1.82, 2.24) is 10.6 Å². The number of rotatable bonds is 7. The number of carbonyl (C=O) groups excluding carboxylic acids is 3. The highest BCUT2D eigenvalue weighted by atomic mass is 19.1. The van der Waals surface area contributed by atoms with E-state index in [-0.39, 0.29) is 6.42 Å². The summed E-state index contributed by atoms with van der Waals surface area (Å²) in [4.78, 5) is 37.6. The van der Waals surface area contributed by atoms with E-state index < -0.39 is 41.5 Å². The Bertz CT molecular complexity index is 1160. The lowest BCUT2D eigenvalue weighted by Gasteiger charge is -2.26. The standard InChI is InChI=1S/C26H24FN3O3/c1-15(31)29-22(14-16-10-12-17(27)13-11-16)26(33)30-24(25(28)32)23-20-8-4-2-6-18(20)19-7-3-5-9-21(19)23/h2-13,22-24H,14H2,1H3,(H2,28,32)(H,29,31)(H,30,33)/t22-,24-/m0/s1. The number of halogens is 1. The summed E-state index contributed by atoms with van der Waals surface area (Å²) >= 11 is 0. The van der Waals surface area contributed by atoms with E-state index in [2.05, 4.69) is 10.6 Å². The van der Waals surface area contributed by atoms with Gasteiger partial charge in [0.15, 0.2) is 0 Å². The number of carbonyl (C=O) groups is 3. The second-order valence-electron chi connectivity index (χ2n) is 8.12. The molecule has 3 aromatic rings. The van der Waals surface area contributed by atoms with Crippen molar-refractivity contribution < 1.29 is 18.8 Å². The van der Waals surface area contributed by atoms with Crippen LogP contribution in [0.3, 0.4) is 0 Å². The predicted molar refractivity (Wildman–Crippen MR) is 123 cm³/mol. The van der Waals surface area contributed by atoms with Crippen LogP contribution in [0.5, 0.6) is 0 Å². The fraction of sp³-hybridized carbons (Fsp3) is 0.192. The number of primary amides is 1. The smallest absolute Gasteiger partial charge is 0.243 e. The lowest BCUT2D eigenvalue weighted by atomic mass is 9.88. The number of fused-ring (bicyclic) bond motifs is 3. The van der Waals surface area contributed by atoms with E-state index in [1.807, 2.05) is 48.5 Å². The molecule has 0 spiro atoms. The predicted octanol–water partition coefficient (Wildman–Crippen LogP) is 2.66. The van der Waals surface area contributed by atoms with Gasteiger partial charge in [-0.3, -0.25) is 14.4 Å². The Hall–Kier alpha value is -4.00. The highest BCUT2D eigenvalue weighted by molar-refractivity contribution is 5.94. The molecule has 0 radical (unpaired) electrons. The maximum atomic E-state index is 13.3. The van der Waals surface area contributed by atoms with E-state index in [0.29, 0.717) is 5.56 Å². The number of nitrogens with two attached hydrogens (primary N) is 1. The fourth-order valence-electron chi connectivity index (χ4n) is 4.44. The second-order valence-corrected chi connectivity index (χ2v) is 8.12. The van der Waals surface area contributed by atoms with Crippen molar-refractivity contribution in [2.75, 3.05) is 0 Å². The zero-order valence-corrected chi connectivity index (χ0v) is 18.0. The third kappa shape index (κ3) is 4.62. The molecule has 3 aromatic carbocycles. The van der Waals surface area contributed by atoms with E-state index in [0.717, 1.165) is 22.3 Å². The van der Waals surface area contributed by atoms with E-state index in [1.165, 1.54) is 19.1 Å². The average Bonchev–Trinajstić information content (AvgIpc) is 3.12. The van der Waals surface area contributed by atoms with Gasteiger partial charge in [-0.1, -0.05) is 60.7 Å². The van der Waals surface area contributed by atoms with Crippen LogP contribution in [0.15, 0.2) is 72.8 Å².